The number of imidazole rings is 1. The number of benzene rings is 2. The van der Waals surface area contributed by atoms with Gasteiger partial charge in [-0.1, -0.05) is 24.3 Å². The lowest BCUT2D eigenvalue weighted by molar-refractivity contribution is -0.122. The van der Waals surface area contributed by atoms with E-state index in [1.807, 2.05) is 30.5 Å². The van der Waals surface area contributed by atoms with Gasteiger partial charge in [0.25, 0.3) is 5.56 Å². The average molecular weight is 558 g/mol. The lowest BCUT2D eigenvalue weighted by Crippen LogP contribution is -2.32. The molecule has 3 N–H and O–H groups in total. The van der Waals surface area contributed by atoms with Gasteiger partial charge in [0.1, 0.15) is 11.5 Å². The fourth-order valence-electron chi connectivity index (χ4n) is 5.00. The van der Waals surface area contributed by atoms with Gasteiger partial charge >= 0.3 is 0 Å². The minimum atomic E-state index is -0.802. The molecule has 5 aromatic rings. The maximum absolute atomic E-state index is 13.7. The summed E-state index contributed by atoms with van der Waals surface area (Å²) in [6, 6.07) is 17.7. The molecule has 1 amide bonds. The molecule has 0 radical (unpaired) electrons. The van der Waals surface area contributed by atoms with Crippen molar-refractivity contribution >= 4 is 34.3 Å². The number of aromatic nitrogens is 4. The third-order valence-corrected chi connectivity index (χ3v) is 7.61. The van der Waals surface area contributed by atoms with Crippen molar-refractivity contribution in [1.29, 1.82) is 0 Å². The normalized spacial score (nSPS) is 13.9. The minimum Gasteiger partial charge on any atom is -0.493 e. The maximum atomic E-state index is 13.7. The van der Waals surface area contributed by atoms with Gasteiger partial charge in [-0.3, -0.25) is 14.0 Å². The third kappa shape index (κ3) is 4.95. The molecule has 2 aromatic carbocycles. The lowest BCUT2D eigenvalue weighted by Gasteiger charge is -2.21. The number of nitrogens with zero attached hydrogens (tertiary/aromatic N) is 3. The standard InChI is InChI=1S/C29H27N5O5S/c1-40-13-11-21(27-31-19-6-2-3-7-20(19)32-27)30-25(35)15-18(17-9-10-22-23(14-17)39-16-38-22)26-28(36)33-24-8-4-5-12-34(24)29(26)37/h2-10,12,14,18,21,36H,11,13,15-16H2,1H3,(H,30,35)(H,31,32)/t18?,21-/m0/s1. The first-order valence-electron chi connectivity index (χ1n) is 12.8. The lowest BCUT2D eigenvalue weighted by atomic mass is 9.88. The van der Waals surface area contributed by atoms with E-state index in [1.54, 1.807) is 54.4 Å². The number of aromatic hydroxyl groups is 1. The van der Waals surface area contributed by atoms with E-state index in [-0.39, 0.29) is 30.7 Å². The number of carbonyl (C=O) groups is 1. The fourth-order valence-corrected chi connectivity index (χ4v) is 5.47. The Morgan fingerprint density at radius 1 is 1.12 bits per heavy atom. The van der Waals surface area contributed by atoms with Crippen molar-refractivity contribution < 1.29 is 19.4 Å². The number of hydrogen-bond donors (Lipinski definition) is 3. The summed E-state index contributed by atoms with van der Waals surface area (Å²) in [5, 5.41) is 14.1. The molecule has 6 rings (SSSR count). The largest absolute Gasteiger partial charge is 0.493 e. The van der Waals surface area contributed by atoms with Gasteiger partial charge in [0.2, 0.25) is 18.6 Å². The number of ether oxygens (including phenoxy) is 2. The summed E-state index contributed by atoms with van der Waals surface area (Å²) >= 11 is 1.68. The first kappa shape index (κ1) is 25.8. The summed E-state index contributed by atoms with van der Waals surface area (Å²) in [7, 11) is 0. The third-order valence-electron chi connectivity index (χ3n) is 6.97. The van der Waals surface area contributed by atoms with E-state index in [0.717, 1.165) is 16.8 Å². The number of para-hydroxylation sites is 2. The van der Waals surface area contributed by atoms with E-state index in [9.17, 15) is 14.7 Å². The van der Waals surface area contributed by atoms with Gasteiger partial charge < -0.3 is 24.9 Å². The molecule has 1 aliphatic heterocycles. The van der Waals surface area contributed by atoms with Crippen molar-refractivity contribution in [3.63, 3.8) is 0 Å². The Balaban J connectivity index is 1.37. The second-order valence-corrected chi connectivity index (χ2v) is 10.5. The van der Waals surface area contributed by atoms with E-state index in [0.29, 0.717) is 35.0 Å². The van der Waals surface area contributed by atoms with Crippen LogP contribution in [0.5, 0.6) is 17.4 Å². The molecule has 204 valence electrons. The van der Waals surface area contributed by atoms with Crippen molar-refractivity contribution in [2.75, 3.05) is 18.8 Å². The zero-order valence-electron chi connectivity index (χ0n) is 21.7. The van der Waals surface area contributed by atoms with Crippen LogP contribution in [0.4, 0.5) is 0 Å². The van der Waals surface area contributed by atoms with E-state index in [2.05, 4.69) is 15.3 Å². The molecule has 10 nitrogen and oxygen atoms in total. The number of rotatable bonds is 9. The van der Waals surface area contributed by atoms with Gasteiger partial charge in [-0.05, 0) is 60.4 Å². The summed E-state index contributed by atoms with van der Waals surface area (Å²) in [6.45, 7) is 0.0873. The number of carbonyl (C=O) groups excluding carboxylic acids is 1. The summed E-state index contributed by atoms with van der Waals surface area (Å²) in [4.78, 5) is 39.6. The molecule has 3 aromatic heterocycles. The second-order valence-electron chi connectivity index (χ2n) is 9.49. The molecule has 11 heteroatoms. The Labute approximate surface area is 233 Å². The van der Waals surface area contributed by atoms with E-state index >= 15 is 0 Å². The summed E-state index contributed by atoms with van der Waals surface area (Å²) in [6.07, 6.45) is 4.15. The number of H-pyrrole nitrogens is 1. The smallest absolute Gasteiger partial charge is 0.265 e. The predicted molar refractivity (Wildman–Crippen MR) is 152 cm³/mol. The highest BCUT2D eigenvalue weighted by Gasteiger charge is 2.29. The van der Waals surface area contributed by atoms with Crippen LogP contribution in [0, 0.1) is 0 Å². The highest BCUT2D eigenvalue weighted by Crippen LogP contribution is 2.38. The van der Waals surface area contributed by atoms with Crippen LogP contribution >= 0.6 is 11.8 Å². The average Bonchev–Trinajstić information content (AvgIpc) is 3.61. The van der Waals surface area contributed by atoms with E-state index in [4.69, 9.17) is 14.5 Å². The van der Waals surface area contributed by atoms with Gasteiger partial charge in [0.15, 0.2) is 11.5 Å². The van der Waals surface area contributed by atoms with Crippen LogP contribution in [0.25, 0.3) is 16.7 Å². The number of thioether (sulfide) groups is 1. The van der Waals surface area contributed by atoms with Crippen LogP contribution in [-0.2, 0) is 4.79 Å². The fraction of sp³-hybridized carbons (Fsp3) is 0.241. The Morgan fingerprint density at radius 2 is 1.95 bits per heavy atom. The van der Waals surface area contributed by atoms with Gasteiger partial charge in [0, 0.05) is 18.5 Å². The number of pyridine rings is 1. The zero-order chi connectivity index (χ0) is 27.6. The molecule has 0 aliphatic carbocycles. The van der Waals surface area contributed by atoms with Crippen molar-refractivity contribution in [2.24, 2.45) is 0 Å². The highest BCUT2D eigenvalue weighted by molar-refractivity contribution is 7.98. The Kier molecular flexibility index (Phi) is 7.04. The Hall–Kier alpha value is -4.51. The highest BCUT2D eigenvalue weighted by atomic mass is 32.2. The topological polar surface area (TPSA) is 131 Å². The molecule has 0 saturated carbocycles. The summed E-state index contributed by atoms with van der Waals surface area (Å²) in [5.74, 6) is 1.05. The molecular formula is C29H27N5O5S. The van der Waals surface area contributed by atoms with Crippen molar-refractivity contribution in [2.45, 2.75) is 24.8 Å². The van der Waals surface area contributed by atoms with Crippen LogP contribution in [0.15, 0.2) is 71.7 Å². The number of nitrogens with one attached hydrogen (secondary N) is 2. The monoisotopic (exact) mass is 557 g/mol. The Morgan fingerprint density at radius 3 is 2.80 bits per heavy atom. The predicted octanol–water partition coefficient (Wildman–Crippen LogP) is 4.14. The Bertz CT molecular complexity index is 1730. The van der Waals surface area contributed by atoms with Crippen molar-refractivity contribution in [1.82, 2.24) is 24.7 Å². The molecule has 1 unspecified atom stereocenters. The quantitative estimate of drug-likeness (QED) is 0.247. The number of amides is 1. The molecule has 4 heterocycles. The van der Waals surface area contributed by atoms with Gasteiger partial charge in [0.05, 0.1) is 22.6 Å². The number of aromatic amines is 1. The van der Waals surface area contributed by atoms with Crippen LogP contribution < -0.4 is 20.3 Å². The van der Waals surface area contributed by atoms with Gasteiger partial charge in [-0.2, -0.15) is 16.7 Å². The molecule has 0 saturated heterocycles. The molecular weight excluding hydrogens is 530 g/mol. The van der Waals surface area contributed by atoms with Crippen LogP contribution in [-0.4, -0.2) is 49.2 Å². The van der Waals surface area contributed by atoms with Crippen LogP contribution in [0.1, 0.15) is 41.8 Å². The molecule has 0 spiro atoms. The summed E-state index contributed by atoms with van der Waals surface area (Å²) < 4.78 is 12.4. The first-order chi connectivity index (χ1) is 19.5. The van der Waals surface area contributed by atoms with Crippen LogP contribution in [0.2, 0.25) is 0 Å². The van der Waals surface area contributed by atoms with Gasteiger partial charge in [-0.15, -0.1) is 0 Å². The molecule has 40 heavy (non-hydrogen) atoms. The minimum absolute atomic E-state index is 0.0297. The van der Waals surface area contributed by atoms with E-state index in [1.165, 1.54) is 4.40 Å². The second kappa shape index (κ2) is 10.9. The van der Waals surface area contributed by atoms with Gasteiger partial charge in [-0.25, -0.2) is 4.98 Å². The molecule has 1 aliphatic rings. The van der Waals surface area contributed by atoms with Crippen LogP contribution in [0.3, 0.4) is 0 Å². The molecule has 0 bridgehead atoms. The van der Waals surface area contributed by atoms with E-state index < -0.39 is 17.4 Å². The number of hydrogen-bond acceptors (Lipinski definition) is 8. The van der Waals surface area contributed by atoms with Crippen molar-refractivity contribution in [3.8, 4) is 17.4 Å². The SMILES string of the molecule is CSCC[C@H](NC(=O)CC(c1ccc2c(c1)OCO2)c1c(O)nc2ccccn2c1=O)c1nc2ccccc2[nH]1. The molecule has 2 atom stereocenters. The number of fused-ring (bicyclic) bond motifs is 3. The zero-order valence-corrected chi connectivity index (χ0v) is 22.5. The van der Waals surface area contributed by atoms with Crippen molar-refractivity contribution in [3.05, 3.63) is 94.2 Å². The molecule has 0 fully saturated rings. The summed E-state index contributed by atoms with van der Waals surface area (Å²) in [5.41, 5.74) is 2.22. The first-order valence-corrected chi connectivity index (χ1v) is 14.2. The maximum Gasteiger partial charge on any atom is 0.265 e.